The van der Waals surface area contributed by atoms with Gasteiger partial charge < -0.3 is 5.73 Å². The number of nitrogens with two attached hydrogens (primary N) is 1. The summed E-state index contributed by atoms with van der Waals surface area (Å²) < 4.78 is 27.0. The third kappa shape index (κ3) is 3.07. The van der Waals surface area contributed by atoms with Gasteiger partial charge >= 0.3 is 0 Å². The van der Waals surface area contributed by atoms with Crippen molar-refractivity contribution in [3.63, 3.8) is 0 Å². The van der Waals surface area contributed by atoms with Crippen LogP contribution >= 0.6 is 0 Å². The fourth-order valence-corrected chi connectivity index (χ4v) is 3.66. The first-order valence-corrected chi connectivity index (χ1v) is 7.75. The summed E-state index contributed by atoms with van der Waals surface area (Å²) >= 11 is 0. The molecule has 1 aromatic rings. The van der Waals surface area contributed by atoms with Gasteiger partial charge in [-0.25, -0.2) is 13.1 Å². The SMILES string of the molecule is NCc1ncccc1S(=O)(=O)NCC1CCCC1. The fourth-order valence-electron chi connectivity index (χ4n) is 2.34. The van der Waals surface area contributed by atoms with Crippen LogP contribution in [0.5, 0.6) is 0 Å². The highest BCUT2D eigenvalue weighted by Crippen LogP contribution is 2.24. The molecular formula is C12H19N3O2S. The Labute approximate surface area is 108 Å². The van der Waals surface area contributed by atoms with E-state index in [1.165, 1.54) is 12.8 Å². The van der Waals surface area contributed by atoms with Gasteiger partial charge in [-0.15, -0.1) is 0 Å². The normalized spacial score (nSPS) is 17.2. The topological polar surface area (TPSA) is 85.1 Å². The molecule has 1 aliphatic carbocycles. The van der Waals surface area contributed by atoms with Crippen LogP contribution in [0.3, 0.4) is 0 Å². The van der Waals surface area contributed by atoms with Crippen molar-refractivity contribution in [1.82, 2.24) is 9.71 Å². The van der Waals surface area contributed by atoms with Crippen LogP contribution in [0.25, 0.3) is 0 Å². The van der Waals surface area contributed by atoms with E-state index in [4.69, 9.17) is 5.73 Å². The molecule has 0 radical (unpaired) electrons. The number of sulfonamides is 1. The van der Waals surface area contributed by atoms with Crippen LogP contribution in [0.1, 0.15) is 31.4 Å². The Hall–Kier alpha value is -0.980. The minimum Gasteiger partial charge on any atom is -0.325 e. The average molecular weight is 269 g/mol. The lowest BCUT2D eigenvalue weighted by Crippen LogP contribution is -2.29. The molecule has 100 valence electrons. The maximum absolute atomic E-state index is 12.2. The van der Waals surface area contributed by atoms with Gasteiger partial charge in [0.1, 0.15) is 4.90 Å². The highest BCUT2D eigenvalue weighted by molar-refractivity contribution is 7.89. The summed E-state index contributed by atoms with van der Waals surface area (Å²) in [7, 11) is -3.48. The molecule has 0 spiro atoms. The van der Waals surface area contributed by atoms with Crippen molar-refractivity contribution in [3.8, 4) is 0 Å². The van der Waals surface area contributed by atoms with Crippen molar-refractivity contribution < 1.29 is 8.42 Å². The second-order valence-electron chi connectivity index (χ2n) is 4.65. The van der Waals surface area contributed by atoms with Gasteiger partial charge in [0.25, 0.3) is 0 Å². The summed E-state index contributed by atoms with van der Waals surface area (Å²) in [5.41, 5.74) is 5.92. The van der Waals surface area contributed by atoms with E-state index in [9.17, 15) is 8.42 Å². The smallest absolute Gasteiger partial charge is 0.242 e. The molecule has 0 unspecified atom stereocenters. The fraction of sp³-hybridized carbons (Fsp3) is 0.583. The molecule has 5 nitrogen and oxygen atoms in total. The van der Waals surface area contributed by atoms with Crippen LogP contribution in [0, 0.1) is 5.92 Å². The molecule has 2 rings (SSSR count). The first-order chi connectivity index (χ1) is 8.63. The minimum atomic E-state index is -3.48. The van der Waals surface area contributed by atoms with Gasteiger partial charge in [-0.05, 0) is 30.9 Å². The molecule has 0 aromatic carbocycles. The summed E-state index contributed by atoms with van der Waals surface area (Å²) in [4.78, 5) is 4.20. The molecule has 0 saturated heterocycles. The Morgan fingerprint density at radius 2 is 2.11 bits per heavy atom. The monoisotopic (exact) mass is 269 g/mol. The lowest BCUT2D eigenvalue weighted by molar-refractivity contribution is 0.519. The van der Waals surface area contributed by atoms with Gasteiger partial charge in [0.15, 0.2) is 0 Å². The zero-order chi connectivity index (χ0) is 13.0. The third-order valence-electron chi connectivity index (χ3n) is 3.37. The van der Waals surface area contributed by atoms with Gasteiger partial charge in [-0.3, -0.25) is 4.98 Å². The molecule has 0 atom stereocenters. The Kier molecular flexibility index (Phi) is 4.31. The molecule has 3 N–H and O–H groups in total. The third-order valence-corrected chi connectivity index (χ3v) is 4.87. The van der Waals surface area contributed by atoms with E-state index in [0.717, 1.165) is 12.8 Å². The van der Waals surface area contributed by atoms with Gasteiger partial charge in [-0.2, -0.15) is 0 Å². The summed E-state index contributed by atoms with van der Waals surface area (Å²) in [5.74, 6) is 0.470. The van der Waals surface area contributed by atoms with E-state index in [2.05, 4.69) is 9.71 Å². The lowest BCUT2D eigenvalue weighted by Gasteiger charge is -2.12. The zero-order valence-electron chi connectivity index (χ0n) is 10.3. The molecule has 0 bridgehead atoms. The second kappa shape index (κ2) is 5.77. The number of hydrogen-bond acceptors (Lipinski definition) is 4. The van der Waals surface area contributed by atoms with Crippen molar-refractivity contribution in [2.24, 2.45) is 11.7 Å². The highest BCUT2D eigenvalue weighted by Gasteiger charge is 2.21. The van der Waals surface area contributed by atoms with Crippen LogP contribution < -0.4 is 10.5 Å². The molecule has 18 heavy (non-hydrogen) atoms. The summed E-state index contributed by atoms with van der Waals surface area (Å²) in [6, 6.07) is 3.16. The van der Waals surface area contributed by atoms with E-state index < -0.39 is 10.0 Å². The zero-order valence-corrected chi connectivity index (χ0v) is 11.1. The molecule has 1 fully saturated rings. The predicted octanol–water partition coefficient (Wildman–Crippen LogP) is 1.01. The number of nitrogens with zero attached hydrogens (tertiary/aromatic N) is 1. The molecule has 1 heterocycles. The Balaban J connectivity index is 2.09. The molecule has 6 heteroatoms. The van der Waals surface area contributed by atoms with Crippen molar-refractivity contribution in [1.29, 1.82) is 0 Å². The molecule has 0 amide bonds. The van der Waals surface area contributed by atoms with Crippen LogP contribution in [-0.2, 0) is 16.6 Å². The van der Waals surface area contributed by atoms with Gasteiger partial charge in [0.05, 0.1) is 5.69 Å². The summed E-state index contributed by atoms with van der Waals surface area (Å²) in [6.07, 6.45) is 6.18. The largest absolute Gasteiger partial charge is 0.325 e. The predicted molar refractivity (Wildman–Crippen MR) is 69.3 cm³/mol. The van der Waals surface area contributed by atoms with Crippen molar-refractivity contribution in [2.45, 2.75) is 37.1 Å². The summed E-state index contributed by atoms with van der Waals surface area (Å²) in [6.45, 7) is 0.641. The maximum atomic E-state index is 12.2. The lowest BCUT2D eigenvalue weighted by atomic mass is 10.1. The van der Waals surface area contributed by atoms with E-state index in [0.29, 0.717) is 18.2 Å². The van der Waals surface area contributed by atoms with Crippen LogP contribution in [0.4, 0.5) is 0 Å². The molecule has 1 aromatic heterocycles. The number of aromatic nitrogens is 1. The van der Waals surface area contributed by atoms with Crippen molar-refractivity contribution in [2.75, 3.05) is 6.54 Å². The van der Waals surface area contributed by atoms with Gasteiger partial charge in [0.2, 0.25) is 10.0 Å². The molecule has 1 saturated carbocycles. The highest BCUT2D eigenvalue weighted by atomic mass is 32.2. The van der Waals surface area contributed by atoms with Crippen LogP contribution in [-0.4, -0.2) is 19.9 Å². The number of nitrogens with one attached hydrogen (secondary N) is 1. The second-order valence-corrected chi connectivity index (χ2v) is 6.39. The maximum Gasteiger partial charge on any atom is 0.242 e. The molecular weight excluding hydrogens is 250 g/mol. The van der Waals surface area contributed by atoms with Crippen molar-refractivity contribution >= 4 is 10.0 Å². The first-order valence-electron chi connectivity index (χ1n) is 6.27. The van der Waals surface area contributed by atoms with E-state index >= 15 is 0 Å². The van der Waals surface area contributed by atoms with Gasteiger partial charge in [-0.1, -0.05) is 12.8 Å². The van der Waals surface area contributed by atoms with Gasteiger partial charge in [0, 0.05) is 19.3 Å². The van der Waals surface area contributed by atoms with Crippen LogP contribution in [0.15, 0.2) is 23.2 Å². The Morgan fingerprint density at radius 3 is 2.78 bits per heavy atom. The molecule has 0 aliphatic heterocycles. The average Bonchev–Trinajstić information content (AvgIpc) is 2.89. The van der Waals surface area contributed by atoms with Crippen LogP contribution in [0.2, 0.25) is 0 Å². The van der Waals surface area contributed by atoms with Crippen molar-refractivity contribution in [3.05, 3.63) is 24.0 Å². The number of rotatable bonds is 5. The first kappa shape index (κ1) is 13.5. The number of hydrogen-bond donors (Lipinski definition) is 2. The van der Waals surface area contributed by atoms with E-state index in [1.807, 2.05) is 0 Å². The quantitative estimate of drug-likeness (QED) is 0.835. The molecule has 1 aliphatic rings. The summed E-state index contributed by atoms with van der Waals surface area (Å²) in [5, 5.41) is 0. The standard InChI is InChI=1S/C12H19N3O2S/c13-8-11-12(6-3-7-14-11)18(16,17)15-9-10-4-1-2-5-10/h3,6-7,10,15H,1-2,4-5,8-9,13H2. The van der Waals surface area contributed by atoms with E-state index in [-0.39, 0.29) is 11.4 Å². The number of pyridine rings is 1. The van der Waals surface area contributed by atoms with E-state index in [1.54, 1.807) is 18.3 Å². The Morgan fingerprint density at radius 1 is 1.39 bits per heavy atom. The minimum absolute atomic E-state index is 0.126. The Bertz CT molecular complexity index is 496.